The molecule has 5 rings (SSSR count). The Kier molecular flexibility index (Phi) is 3.58. The second kappa shape index (κ2) is 6.10. The smallest absolute Gasteiger partial charge is 0.357 e. The van der Waals surface area contributed by atoms with Crippen molar-refractivity contribution in [3.05, 3.63) is 59.5 Å². The van der Waals surface area contributed by atoms with E-state index in [9.17, 15) is 9.18 Å². The number of H-pyrrole nitrogens is 2. The van der Waals surface area contributed by atoms with E-state index in [0.29, 0.717) is 25.3 Å². The zero-order valence-electron chi connectivity index (χ0n) is 14.3. The average molecular weight is 365 g/mol. The fraction of sp³-hybridized carbons (Fsp3) is 0.158. The summed E-state index contributed by atoms with van der Waals surface area (Å²) in [6.45, 7) is 0.950. The van der Waals surface area contributed by atoms with Crippen LogP contribution in [0.5, 0.6) is 0 Å². The van der Waals surface area contributed by atoms with Gasteiger partial charge in [-0.25, -0.2) is 9.18 Å². The first-order chi connectivity index (χ1) is 13.2. The van der Waals surface area contributed by atoms with Gasteiger partial charge in [0, 0.05) is 28.5 Å². The van der Waals surface area contributed by atoms with Crippen LogP contribution in [-0.2, 0) is 17.8 Å². The molecule has 0 aliphatic carbocycles. The molecule has 1 amide bonds. The molecular formula is C19H16FN5O2. The van der Waals surface area contributed by atoms with Crippen LogP contribution >= 0.6 is 0 Å². The number of halogens is 1. The second-order valence-electron chi connectivity index (χ2n) is 6.51. The number of carbonyl (C=O) groups excluding carboxylic acids is 1. The van der Waals surface area contributed by atoms with E-state index in [0.717, 1.165) is 33.1 Å². The van der Waals surface area contributed by atoms with Crippen LogP contribution in [0, 0.1) is 5.82 Å². The fourth-order valence-electron chi connectivity index (χ4n) is 3.56. The highest BCUT2D eigenvalue weighted by molar-refractivity contribution is 5.96. The molecule has 136 valence electrons. The maximum absolute atomic E-state index is 13.5. The van der Waals surface area contributed by atoms with Crippen LogP contribution in [0.2, 0.25) is 0 Å². The number of aromatic amines is 2. The maximum atomic E-state index is 13.5. The van der Waals surface area contributed by atoms with Crippen molar-refractivity contribution in [2.24, 2.45) is 0 Å². The lowest BCUT2D eigenvalue weighted by Crippen LogP contribution is -2.34. The highest BCUT2D eigenvalue weighted by atomic mass is 19.1. The van der Waals surface area contributed by atoms with Gasteiger partial charge >= 0.3 is 6.09 Å². The van der Waals surface area contributed by atoms with E-state index in [1.807, 2.05) is 24.3 Å². The molecule has 0 saturated heterocycles. The van der Waals surface area contributed by atoms with Gasteiger partial charge in [0.2, 0.25) is 0 Å². The lowest BCUT2D eigenvalue weighted by molar-refractivity contribution is -0.106. The first-order valence-electron chi connectivity index (χ1n) is 8.63. The predicted molar refractivity (Wildman–Crippen MR) is 98.6 cm³/mol. The van der Waals surface area contributed by atoms with Crippen LogP contribution in [0.1, 0.15) is 11.3 Å². The van der Waals surface area contributed by atoms with E-state index < -0.39 is 6.09 Å². The van der Waals surface area contributed by atoms with Crippen molar-refractivity contribution < 1.29 is 14.0 Å². The monoisotopic (exact) mass is 365 g/mol. The van der Waals surface area contributed by atoms with E-state index in [4.69, 9.17) is 4.84 Å². The molecule has 1 aliphatic heterocycles. The van der Waals surface area contributed by atoms with Crippen LogP contribution < -0.4 is 5.32 Å². The van der Waals surface area contributed by atoms with E-state index in [1.165, 1.54) is 12.1 Å². The molecule has 0 unspecified atom stereocenters. The molecule has 8 heteroatoms. The van der Waals surface area contributed by atoms with Gasteiger partial charge in [0.25, 0.3) is 0 Å². The molecule has 0 radical (unpaired) electrons. The van der Waals surface area contributed by atoms with E-state index in [1.54, 1.807) is 11.1 Å². The zero-order valence-corrected chi connectivity index (χ0v) is 14.3. The van der Waals surface area contributed by atoms with Crippen LogP contribution in [0.15, 0.2) is 42.5 Å². The molecular weight excluding hydrogens is 349 g/mol. The van der Waals surface area contributed by atoms with Crippen molar-refractivity contribution in [1.82, 2.24) is 20.2 Å². The lowest BCUT2D eigenvalue weighted by Gasteiger charge is -2.25. The van der Waals surface area contributed by atoms with Gasteiger partial charge in [-0.15, -0.1) is 5.06 Å². The standard InChI is InChI=1S/C19H16FN5O2/c20-11-5-6-15-14(9-11)12-7-8-25(10-17(12)21-15)27-19(26)22-18-13-3-1-2-4-16(13)23-24-18/h1-6,9,21H,7-8,10H2,(H2,22,23,24,26). The topological polar surface area (TPSA) is 86.0 Å². The van der Waals surface area contributed by atoms with Gasteiger partial charge in [-0.05, 0) is 42.3 Å². The summed E-state index contributed by atoms with van der Waals surface area (Å²) >= 11 is 0. The number of anilines is 1. The number of amides is 1. The quantitative estimate of drug-likeness (QED) is 0.505. The number of para-hydroxylation sites is 1. The van der Waals surface area contributed by atoms with Crippen molar-refractivity contribution in [3.8, 4) is 0 Å². The average Bonchev–Trinajstić information content (AvgIpc) is 3.22. The Bertz CT molecular complexity index is 1170. The summed E-state index contributed by atoms with van der Waals surface area (Å²) in [4.78, 5) is 21.0. The Hall–Kier alpha value is -3.39. The zero-order chi connectivity index (χ0) is 18.4. The van der Waals surface area contributed by atoms with Gasteiger partial charge in [0.15, 0.2) is 5.82 Å². The number of nitrogens with one attached hydrogen (secondary N) is 3. The number of fused-ring (bicyclic) bond motifs is 4. The van der Waals surface area contributed by atoms with Gasteiger partial charge in [0.05, 0.1) is 12.1 Å². The molecule has 0 saturated carbocycles. The first kappa shape index (κ1) is 15.8. The van der Waals surface area contributed by atoms with E-state index in [2.05, 4.69) is 20.5 Å². The van der Waals surface area contributed by atoms with Gasteiger partial charge in [-0.3, -0.25) is 10.4 Å². The third kappa shape index (κ3) is 2.80. The summed E-state index contributed by atoms with van der Waals surface area (Å²) in [5, 5.41) is 12.9. The Morgan fingerprint density at radius 3 is 3.00 bits per heavy atom. The first-order valence-corrected chi connectivity index (χ1v) is 8.63. The maximum Gasteiger partial charge on any atom is 0.432 e. The summed E-state index contributed by atoms with van der Waals surface area (Å²) < 4.78 is 13.5. The number of hydroxylamine groups is 2. The van der Waals surface area contributed by atoms with Gasteiger partial charge in [0.1, 0.15) is 5.82 Å². The minimum absolute atomic E-state index is 0.256. The largest absolute Gasteiger partial charge is 0.432 e. The van der Waals surface area contributed by atoms with Crippen molar-refractivity contribution >= 4 is 33.7 Å². The number of carbonyl (C=O) groups is 1. The molecule has 2 aromatic carbocycles. The normalized spacial score (nSPS) is 14.4. The Labute approximate surface area is 153 Å². The van der Waals surface area contributed by atoms with Gasteiger partial charge in [-0.2, -0.15) is 5.10 Å². The third-order valence-corrected chi connectivity index (χ3v) is 4.81. The summed E-state index contributed by atoms with van der Waals surface area (Å²) in [6, 6.07) is 12.2. The highest BCUT2D eigenvalue weighted by Crippen LogP contribution is 2.28. The minimum atomic E-state index is -0.599. The number of hydrogen-bond donors (Lipinski definition) is 3. The molecule has 0 bridgehead atoms. The van der Waals surface area contributed by atoms with Crippen LogP contribution in [-0.4, -0.2) is 32.9 Å². The summed E-state index contributed by atoms with van der Waals surface area (Å²) in [7, 11) is 0. The van der Waals surface area contributed by atoms with E-state index >= 15 is 0 Å². The Balaban J connectivity index is 1.31. The van der Waals surface area contributed by atoms with Crippen LogP contribution in [0.4, 0.5) is 15.0 Å². The Morgan fingerprint density at radius 2 is 2.07 bits per heavy atom. The molecule has 0 fully saturated rings. The minimum Gasteiger partial charge on any atom is -0.357 e. The number of nitrogens with zero attached hydrogens (tertiary/aromatic N) is 2. The third-order valence-electron chi connectivity index (χ3n) is 4.81. The molecule has 1 aliphatic rings. The number of hydrogen-bond acceptors (Lipinski definition) is 4. The molecule has 3 N–H and O–H groups in total. The molecule has 3 heterocycles. The van der Waals surface area contributed by atoms with Crippen LogP contribution in [0.3, 0.4) is 0 Å². The molecule has 27 heavy (non-hydrogen) atoms. The molecule has 7 nitrogen and oxygen atoms in total. The number of rotatable bonds is 2. The second-order valence-corrected chi connectivity index (χ2v) is 6.51. The Morgan fingerprint density at radius 1 is 1.19 bits per heavy atom. The SMILES string of the molecule is O=C(Nc1n[nH]c2ccccc12)ON1CCc2c([nH]c3ccc(F)cc23)C1. The van der Waals surface area contributed by atoms with Gasteiger partial charge < -0.3 is 9.82 Å². The van der Waals surface area contributed by atoms with Crippen molar-refractivity contribution in [3.63, 3.8) is 0 Å². The molecule has 2 aromatic heterocycles. The van der Waals surface area contributed by atoms with E-state index in [-0.39, 0.29) is 5.82 Å². The molecule has 0 atom stereocenters. The van der Waals surface area contributed by atoms with Crippen molar-refractivity contribution in [2.45, 2.75) is 13.0 Å². The predicted octanol–water partition coefficient (Wildman–Crippen LogP) is 3.71. The highest BCUT2D eigenvalue weighted by Gasteiger charge is 2.24. The summed E-state index contributed by atoms with van der Waals surface area (Å²) in [5.41, 5.74) is 3.72. The van der Waals surface area contributed by atoms with Gasteiger partial charge in [-0.1, -0.05) is 12.1 Å². The number of benzene rings is 2. The fourth-order valence-corrected chi connectivity index (χ4v) is 3.56. The van der Waals surface area contributed by atoms with Crippen LogP contribution in [0.25, 0.3) is 21.8 Å². The van der Waals surface area contributed by atoms with Crippen molar-refractivity contribution in [2.75, 3.05) is 11.9 Å². The summed E-state index contributed by atoms with van der Waals surface area (Å²) in [5.74, 6) is 0.169. The summed E-state index contributed by atoms with van der Waals surface area (Å²) in [6.07, 6.45) is 0.0649. The lowest BCUT2D eigenvalue weighted by atomic mass is 10.0. The number of aromatic nitrogens is 3. The molecule has 0 spiro atoms. The molecule has 4 aromatic rings. The van der Waals surface area contributed by atoms with Crippen molar-refractivity contribution in [1.29, 1.82) is 0 Å².